The van der Waals surface area contributed by atoms with Gasteiger partial charge in [0.15, 0.2) is 0 Å². The smallest absolute Gasteiger partial charge is 0.264 e. The minimum Gasteiger partial charge on any atom is -0.352 e. The Balaban J connectivity index is 2.02. The van der Waals surface area contributed by atoms with Crippen LogP contribution in [0.25, 0.3) is 0 Å². The van der Waals surface area contributed by atoms with E-state index in [1.165, 1.54) is 16.7 Å². The number of benzene rings is 3. The zero-order valence-corrected chi connectivity index (χ0v) is 26.6. The normalized spacial score (nSPS) is 12.8. The monoisotopic (exact) mass is 645 g/mol. The maximum absolute atomic E-state index is 14.0. The molecule has 214 valence electrons. The number of carbonyl (C=O) groups is 2. The highest BCUT2D eigenvalue weighted by Crippen LogP contribution is 2.27. The second-order valence-corrected chi connectivity index (χ2v) is 13.3. The molecule has 0 unspecified atom stereocenters. The second kappa shape index (κ2) is 14.2. The summed E-state index contributed by atoms with van der Waals surface area (Å²) < 4.78 is 29.8. The Bertz CT molecular complexity index is 1410. The Morgan fingerprint density at radius 2 is 1.65 bits per heavy atom. The van der Waals surface area contributed by atoms with Crippen molar-refractivity contribution >= 4 is 55.2 Å². The Hall–Kier alpha value is -2.82. The summed E-state index contributed by atoms with van der Waals surface area (Å²) >= 11 is 4.98. The van der Waals surface area contributed by atoms with Crippen molar-refractivity contribution in [2.75, 3.05) is 17.1 Å². The number of hydrogen-bond acceptors (Lipinski definition) is 5. The van der Waals surface area contributed by atoms with Crippen molar-refractivity contribution in [2.24, 2.45) is 0 Å². The summed E-state index contributed by atoms with van der Waals surface area (Å²) in [6.45, 7) is 7.11. The summed E-state index contributed by atoms with van der Waals surface area (Å²) in [4.78, 5) is 29.6. The molecule has 3 rings (SSSR count). The van der Waals surface area contributed by atoms with Crippen molar-refractivity contribution in [3.05, 3.63) is 88.4 Å². The van der Waals surface area contributed by atoms with E-state index in [0.717, 1.165) is 31.2 Å². The summed E-state index contributed by atoms with van der Waals surface area (Å²) in [7, 11) is -4.10. The van der Waals surface area contributed by atoms with Gasteiger partial charge in [0.05, 0.1) is 10.6 Å². The van der Waals surface area contributed by atoms with Gasteiger partial charge in [0.25, 0.3) is 10.0 Å². The van der Waals surface area contributed by atoms with Gasteiger partial charge >= 0.3 is 0 Å². The van der Waals surface area contributed by atoms with Gasteiger partial charge in [-0.2, -0.15) is 0 Å². The fourth-order valence-electron chi connectivity index (χ4n) is 3.99. The molecule has 0 aromatic heterocycles. The van der Waals surface area contributed by atoms with Crippen LogP contribution in [0.1, 0.15) is 38.3 Å². The zero-order chi connectivity index (χ0) is 29.4. The molecule has 3 aromatic carbocycles. The number of hydrogen-bond donors (Lipinski definition) is 1. The van der Waals surface area contributed by atoms with Gasteiger partial charge in [0.1, 0.15) is 12.6 Å². The summed E-state index contributed by atoms with van der Waals surface area (Å²) in [5.74, 6) is -0.785. The first-order valence-electron chi connectivity index (χ1n) is 13.0. The van der Waals surface area contributed by atoms with E-state index in [1.807, 2.05) is 51.3 Å². The Morgan fingerprint density at radius 1 is 1.00 bits per heavy atom. The average molecular weight is 647 g/mol. The van der Waals surface area contributed by atoms with Gasteiger partial charge in [-0.1, -0.05) is 52.7 Å². The summed E-state index contributed by atoms with van der Waals surface area (Å²) in [5.41, 5.74) is 2.14. The highest BCUT2D eigenvalue weighted by Gasteiger charge is 2.32. The molecule has 0 aliphatic rings. The van der Waals surface area contributed by atoms with E-state index in [0.29, 0.717) is 5.69 Å². The second-order valence-electron chi connectivity index (χ2n) is 9.67. The number of amides is 2. The predicted octanol–water partition coefficient (Wildman–Crippen LogP) is 6.01. The maximum atomic E-state index is 14.0. The molecule has 0 spiro atoms. The van der Waals surface area contributed by atoms with Gasteiger partial charge < -0.3 is 10.2 Å². The van der Waals surface area contributed by atoms with Gasteiger partial charge in [-0.05, 0) is 87.5 Å². The summed E-state index contributed by atoms with van der Waals surface area (Å²) in [6.07, 6.45) is 2.66. The molecule has 0 aliphatic heterocycles. The molecule has 0 fully saturated rings. The molecule has 10 heteroatoms. The van der Waals surface area contributed by atoms with Gasteiger partial charge in [0.2, 0.25) is 11.8 Å². The van der Waals surface area contributed by atoms with Crippen LogP contribution in [0.4, 0.5) is 5.69 Å². The number of anilines is 1. The van der Waals surface area contributed by atoms with Crippen LogP contribution in [0.3, 0.4) is 0 Å². The topological polar surface area (TPSA) is 86.8 Å². The van der Waals surface area contributed by atoms with Crippen molar-refractivity contribution < 1.29 is 18.0 Å². The molecule has 0 radical (unpaired) electrons. The Labute approximate surface area is 250 Å². The number of carbonyl (C=O) groups excluding carboxylic acids is 2. The molecule has 3 aromatic rings. The van der Waals surface area contributed by atoms with Gasteiger partial charge in [-0.3, -0.25) is 13.9 Å². The third-order valence-corrected chi connectivity index (χ3v) is 9.68. The molecule has 0 aliphatic carbocycles. The first kappa shape index (κ1) is 31.7. The quantitative estimate of drug-likeness (QED) is 0.244. The molecule has 7 nitrogen and oxygen atoms in total. The van der Waals surface area contributed by atoms with E-state index < -0.39 is 28.5 Å². The van der Waals surface area contributed by atoms with Crippen LogP contribution in [0.15, 0.2) is 87.1 Å². The Morgan fingerprint density at radius 3 is 2.23 bits per heavy atom. The number of nitrogens with zero attached hydrogens (tertiary/aromatic N) is 2. The standard InChI is InChI=1S/C30H36BrN3O4S2/c1-6-22(3)32-30(36)23(4)33(19-24-8-7-9-25(31)18-24)29(35)20-34(26-12-10-21(2)11-13-26)40(37,38)28-16-14-27(39-5)15-17-28/h7-18,22-23H,6,19-20H2,1-5H3,(H,32,36)/t22-,23+/m0/s1. The number of aryl methyl sites for hydroxylation is 1. The van der Waals surface area contributed by atoms with E-state index in [4.69, 9.17) is 0 Å². The van der Waals surface area contributed by atoms with E-state index >= 15 is 0 Å². The molecule has 1 N–H and O–H groups in total. The van der Waals surface area contributed by atoms with E-state index in [2.05, 4.69) is 21.2 Å². The number of nitrogens with one attached hydrogen (secondary N) is 1. The van der Waals surface area contributed by atoms with Crippen molar-refractivity contribution in [1.29, 1.82) is 0 Å². The number of sulfonamides is 1. The minimum atomic E-state index is -4.10. The van der Waals surface area contributed by atoms with Crippen molar-refractivity contribution in [1.82, 2.24) is 10.2 Å². The van der Waals surface area contributed by atoms with Crippen LogP contribution < -0.4 is 9.62 Å². The van der Waals surface area contributed by atoms with Gasteiger partial charge in [-0.25, -0.2) is 8.42 Å². The van der Waals surface area contributed by atoms with Crippen LogP contribution in [0.2, 0.25) is 0 Å². The SMILES string of the molecule is CC[C@H](C)NC(=O)[C@@H](C)N(Cc1cccc(Br)c1)C(=O)CN(c1ccc(C)cc1)S(=O)(=O)c1ccc(SC)cc1. The molecular formula is C30H36BrN3O4S2. The van der Waals surface area contributed by atoms with Gasteiger partial charge in [0, 0.05) is 22.0 Å². The molecule has 0 bridgehead atoms. The van der Waals surface area contributed by atoms with Crippen molar-refractivity contribution in [2.45, 2.75) is 62.5 Å². The predicted molar refractivity (Wildman–Crippen MR) is 166 cm³/mol. The highest BCUT2D eigenvalue weighted by atomic mass is 79.9. The third kappa shape index (κ3) is 8.11. The molecule has 2 atom stereocenters. The molecule has 0 heterocycles. The first-order chi connectivity index (χ1) is 19.0. The van der Waals surface area contributed by atoms with E-state index in [-0.39, 0.29) is 23.4 Å². The fourth-order valence-corrected chi connectivity index (χ4v) is 6.26. The summed E-state index contributed by atoms with van der Waals surface area (Å²) in [5, 5.41) is 2.94. The first-order valence-corrected chi connectivity index (χ1v) is 16.5. The lowest BCUT2D eigenvalue weighted by molar-refractivity contribution is -0.139. The third-order valence-electron chi connectivity index (χ3n) is 6.66. The van der Waals surface area contributed by atoms with Crippen LogP contribution in [-0.4, -0.2) is 50.0 Å². The van der Waals surface area contributed by atoms with E-state index in [1.54, 1.807) is 55.5 Å². The van der Waals surface area contributed by atoms with Crippen molar-refractivity contribution in [3.8, 4) is 0 Å². The average Bonchev–Trinajstić information content (AvgIpc) is 2.94. The maximum Gasteiger partial charge on any atom is 0.264 e. The van der Waals surface area contributed by atoms with Crippen LogP contribution >= 0.6 is 27.7 Å². The molecular weight excluding hydrogens is 610 g/mol. The molecule has 2 amide bonds. The van der Waals surface area contributed by atoms with Gasteiger partial charge in [-0.15, -0.1) is 11.8 Å². The lowest BCUT2D eigenvalue weighted by atomic mass is 10.1. The highest BCUT2D eigenvalue weighted by molar-refractivity contribution is 9.10. The van der Waals surface area contributed by atoms with Crippen LogP contribution in [0.5, 0.6) is 0 Å². The lowest BCUT2D eigenvalue weighted by Crippen LogP contribution is -2.52. The van der Waals surface area contributed by atoms with Crippen LogP contribution in [0, 0.1) is 6.92 Å². The lowest BCUT2D eigenvalue weighted by Gasteiger charge is -2.32. The number of thioether (sulfide) groups is 1. The summed E-state index contributed by atoms with van der Waals surface area (Å²) in [6, 6.07) is 20.2. The van der Waals surface area contributed by atoms with E-state index in [9.17, 15) is 18.0 Å². The zero-order valence-electron chi connectivity index (χ0n) is 23.4. The fraction of sp³-hybridized carbons (Fsp3) is 0.333. The Kier molecular flexibility index (Phi) is 11.2. The molecule has 0 saturated carbocycles. The van der Waals surface area contributed by atoms with Crippen molar-refractivity contribution in [3.63, 3.8) is 0 Å². The molecule has 0 saturated heterocycles. The van der Waals surface area contributed by atoms with Crippen LogP contribution in [-0.2, 0) is 26.2 Å². The number of halogens is 1. The molecule has 40 heavy (non-hydrogen) atoms. The number of rotatable bonds is 12. The largest absolute Gasteiger partial charge is 0.352 e. The minimum absolute atomic E-state index is 0.0635.